The minimum atomic E-state index is -0.394. The topological polar surface area (TPSA) is 84.4 Å². The van der Waals surface area contributed by atoms with Crippen LogP contribution in [0.25, 0.3) is 0 Å². The molecule has 102 valence electrons. The number of carbonyl (C=O) groups is 2. The zero-order valence-corrected chi connectivity index (χ0v) is 10.8. The van der Waals surface area contributed by atoms with Crippen LogP contribution >= 0.6 is 0 Å². The Balaban J connectivity index is 1.82. The molecule has 1 saturated heterocycles. The fraction of sp³-hybridized carbons (Fsp3) is 0.500. The molecule has 1 N–H and O–H groups in total. The number of morpholine rings is 1. The molecule has 1 fully saturated rings. The average Bonchev–Trinajstić information content (AvgIpc) is 2.46. The Morgan fingerprint density at radius 1 is 1.32 bits per heavy atom. The van der Waals surface area contributed by atoms with E-state index < -0.39 is 5.91 Å². The summed E-state index contributed by atoms with van der Waals surface area (Å²) in [6.07, 6.45) is 2.91. The van der Waals surface area contributed by atoms with E-state index in [1.165, 1.54) is 12.4 Å². The van der Waals surface area contributed by atoms with E-state index in [0.717, 1.165) is 5.69 Å². The number of nitrogens with zero attached hydrogens (tertiary/aromatic N) is 3. The Bertz CT molecular complexity index is 455. The van der Waals surface area contributed by atoms with Crippen molar-refractivity contribution in [2.24, 2.45) is 0 Å². The number of aryl methyl sites for hydroxylation is 1. The molecule has 0 aliphatic carbocycles. The lowest BCUT2D eigenvalue weighted by Crippen LogP contribution is -2.45. The van der Waals surface area contributed by atoms with Gasteiger partial charge in [0.05, 0.1) is 31.6 Å². The predicted octanol–water partition coefficient (Wildman–Crippen LogP) is -0.626. The van der Waals surface area contributed by atoms with Crippen molar-refractivity contribution >= 4 is 11.8 Å². The minimum absolute atomic E-state index is 0.0333. The Labute approximate surface area is 111 Å². The smallest absolute Gasteiger partial charge is 0.271 e. The first-order chi connectivity index (χ1) is 9.16. The second-order valence-electron chi connectivity index (χ2n) is 4.22. The van der Waals surface area contributed by atoms with Crippen LogP contribution in [0, 0.1) is 6.92 Å². The van der Waals surface area contributed by atoms with Gasteiger partial charge in [-0.05, 0) is 6.92 Å². The molecule has 0 bridgehead atoms. The Morgan fingerprint density at radius 3 is 2.68 bits per heavy atom. The first kappa shape index (κ1) is 13.4. The van der Waals surface area contributed by atoms with Gasteiger partial charge in [-0.15, -0.1) is 0 Å². The third kappa shape index (κ3) is 3.72. The lowest BCUT2D eigenvalue weighted by atomic mass is 10.3. The highest BCUT2D eigenvalue weighted by Crippen LogP contribution is 1.97. The molecule has 0 aromatic carbocycles. The van der Waals surface area contributed by atoms with Gasteiger partial charge in [-0.2, -0.15) is 0 Å². The van der Waals surface area contributed by atoms with Crippen molar-refractivity contribution in [3.63, 3.8) is 0 Å². The van der Waals surface area contributed by atoms with E-state index in [0.29, 0.717) is 26.3 Å². The van der Waals surface area contributed by atoms with Crippen LogP contribution in [-0.2, 0) is 9.53 Å². The molecular weight excluding hydrogens is 248 g/mol. The van der Waals surface area contributed by atoms with E-state index >= 15 is 0 Å². The average molecular weight is 264 g/mol. The second-order valence-corrected chi connectivity index (χ2v) is 4.22. The molecule has 1 aromatic heterocycles. The summed E-state index contributed by atoms with van der Waals surface area (Å²) in [6.45, 7) is 3.98. The molecule has 2 rings (SSSR count). The molecular formula is C12H16N4O3. The van der Waals surface area contributed by atoms with Crippen molar-refractivity contribution < 1.29 is 14.3 Å². The predicted molar refractivity (Wildman–Crippen MR) is 66.5 cm³/mol. The summed E-state index contributed by atoms with van der Waals surface area (Å²) in [5.74, 6) is -0.508. The number of hydrogen-bond acceptors (Lipinski definition) is 5. The molecule has 1 aliphatic heterocycles. The zero-order valence-electron chi connectivity index (χ0n) is 10.8. The quantitative estimate of drug-likeness (QED) is 0.786. The van der Waals surface area contributed by atoms with Crippen LogP contribution in [0.3, 0.4) is 0 Å². The van der Waals surface area contributed by atoms with E-state index in [-0.39, 0.29) is 18.1 Å². The Kier molecular flexibility index (Phi) is 4.40. The van der Waals surface area contributed by atoms with Gasteiger partial charge in [-0.3, -0.25) is 14.6 Å². The van der Waals surface area contributed by atoms with Crippen molar-refractivity contribution in [1.82, 2.24) is 20.2 Å². The van der Waals surface area contributed by atoms with E-state index in [4.69, 9.17) is 4.74 Å². The second kappa shape index (κ2) is 6.24. The lowest BCUT2D eigenvalue weighted by Gasteiger charge is -2.26. The first-order valence-electron chi connectivity index (χ1n) is 6.09. The fourth-order valence-electron chi connectivity index (χ4n) is 1.68. The van der Waals surface area contributed by atoms with E-state index in [1.807, 2.05) is 0 Å². The molecule has 0 unspecified atom stereocenters. The lowest BCUT2D eigenvalue weighted by molar-refractivity contribution is -0.134. The molecule has 0 atom stereocenters. The van der Waals surface area contributed by atoms with Crippen molar-refractivity contribution in [2.45, 2.75) is 6.92 Å². The van der Waals surface area contributed by atoms with Crippen LogP contribution in [0.2, 0.25) is 0 Å². The number of amides is 2. The highest BCUT2D eigenvalue weighted by atomic mass is 16.5. The number of ether oxygens (including phenoxy) is 1. The fourth-order valence-corrected chi connectivity index (χ4v) is 1.68. The molecule has 1 aromatic rings. The van der Waals surface area contributed by atoms with Gasteiger partial charge < -0.3 is 15.0 Å². The van der Waals surface area contributed by atoms with Crippen molar-refractivity contribution in [1.29, 1.82) is 0 Å². The zero-order chi connectivity index (χ0) is 13.7. The maximum absolute atomic E-state index is 11.8. The van der Waals surface area contributed by atoms with Crippen LogP contribution in [0.5, 0.6) is 0 Å². The highest BCUT2D eigenvalue weighted by molar-refractivity contribution is 5.94. The molecule has 7 heteroatoms. The normalized spacial score (nSPS) is 15.1. The monoisotopic (exact) mass is 264 g/mol. The molecule has 0 saturated carbocycles. The molecule has 2 amide bonds. The largest absolute Gasteiger partial charge is 0.378 e. The molecule has 2 heterocycles. The van der Waals surface area contributed by atoms with Gasteiger partial charge in [-0.1, -0.05) is 0 Å². The Hall–Kier alpha value is -2.02. The van der Waals surface area contributed by atoms with Crippen LogP contribution in [0.4, 0.5) is 0 Å². The SMILES string of the molecule is Cc1cnc(C(=O)NCC(=O)N2CCOCC2)cn1. The summed E-state index contributed by atoms with van der Waals surface area (Å²) in [7, 11) is 0. The van der Waals surface area contributed by atoms with Crippen LogP contribution in [0.15, 0.2) is 12.4 Å². The molecule has 0 radical (unpaired) electrons. The number of rotatable bonds is 3. The third-order valence-corrected chi connectivity index (χ3v) is 2.78. The first-order valence-corrected chi connectivity index (χ1v) is 6.09. The minimum Gasteiger partial charge on any atom is -0.378 e. The third-order valence-electron chi connectivity index (χ3n) is 2.78. The van der Waals surface area contributed by atoms with E-state index in [9.17, 15) is 9.59 Å². The van der Waals surface area contributed by atoms with Gasteiger partial charge in [0, 0.05) is 19.3 Å². The summed E-state index contributed by atoms with van der Waals surface area (Å²) in [6, 6.07) is 0. The maximum atomic E-state index is 11.8. The Morgan fingerprint density at radius 2 is 2.05 bits per heavy atom. The number of hydrogen-bond donors (Lipinski definition) is 1. The summed E-state index contributed by atoms with van der Waals surface area (Å²) >= 11 is 0. The van der Waals surface area contributed by atoms with Crippen molar-refractivity contribution in [3.8, 4) is 0 Å². The number of nitrogens with one attached hydrogen (secondary N) is 1. The molecule has 7 nitrogen and oxygen atoms in total. The van der Waals surface area contributed by atoms with Crippen LogP contribution < -0.4 is 5.32 Å². The summed E-state index contributed by atoms with van der Waals surface area (Å²) in [5.41, 5.74) is 0.946. The maximum Gasteiger partial charge on any atom is 0.271 e. The molecule has 0 spiro atoms. The van der Waals surface area contributed by atoms with Gasteiger partial charge >= 0.3 is 0 Å². The number of carbonyl (C=O) groups excluding carboxylic acids is 2. The van der Waals surface area contributed by atoms with Gasteiger partial charge in [0.15, 0.2) is 0 Å². The van der Waals surface area contributed by atoms with Crippen LogP contribution in [-0.4, -0.2) is 59.5 Å². The van der Waals surface area contributed by atoms with Crippen LogP contribution in [0.1, 0.15) is 16.2 Å². The van der Waals surface area contributed by atoms with Crippen molar-refractivity contribution in [3.05, 3.63) is 23.8 Å². The van der Waals surface area contributed by atoms with Crippen molar-refractivity contribution in [2.75, 3.05) is 32.8 Å². The summed E-state index contributed by atoms with van der Waals surface area (Å²) in [5, 5.41) is 2.54. The molecule has 1 aliphatic rings. The number of aromatic nitrogens is 2. The summed E-state index contributed by atoms with van der Waals surface area (Å²) < 4.78 is 5.16. The molecule has 19 heavy (non-hydrogen) atoms. The van der Waals surface area contributed by atoms with Gasteiger partial charge in [-0.25, -0.2) is 4.98 Å². The van der Waals surface area contributed by atoms with Gasteiger partial charge in [0.1, 0.15) is 5.69 Å². The van der Waals surface area contributed by atoms with E-state index in [1.54, 1.807) is 11.8 Å². The van der Waals surface area contributed by atoms with Gasteiger partial charge in [0.2, 0.25) is 5.91 Å². The standard InChI is InChI=1S/C12H16N4O3/c1-9-6-14-10(7-13-9)12(18)15-8-11(17)16-2-4-19-5-3-16/h6-7H,2-5,8H2,1H3,(H,15,18). The summed E-state index contributed by atoms with van der Waals surface area (Å²) in [4.78, 5) is 33.1. The van der Waals surface area contributed by atoms with Gasteiger partial charge in [0.25, 0.3) is 5.91 Å². The van der Waals surface area contributed by atoms with E-state index in [2.05, 4.69) is 15.3 Å². The highest BCUT2D eigenvalue weighted by Gasteiger charge is 2.17.